The van der Waals surface area contributed by atoms with E-state index in [0.717, 1.165) is 43.9 Å². The molecule has 1 fully saturated rings. The predicted molar refractivity (Wildman–Crippen MR) is 77.0 cm³/mol. The fraction of sp³-hybridized carbons (Fsp3) is 0.714. The van der Waals surface area contributed by atoms with Crippen molar-refractivity contribution in [3.05, 3.63) is 16.5 Å². The lowest BCUT2D eigenvalue weighted by Gasteiger charge is -2.18. The summed E-state index contributed by atoms with van der Waals surface area (Å²) in [6.45, 7) is 9.84. The third-order valence-corrected chi connectivity index (χ3v) is 3.91. The van der Waals surface area contributed by atoms with Crippen LogP contribution in [0.1, 0.15) is 44.0 Å². The summed E-state index contributed by atoms with van der Waals surface area (Å²) < 4.78 is 5.79. The normalized spacial score (nSPS) is 15.0. The third kappa shape index (κ3) is 3.80. The lowest BCUT2D eigenvalue weighted by Crippen LogP contribution is -2.28. The van der Waals surface area contributed by atoms with E-state index in [2.05, 4.69) is 28.7 Å². The smallest absolute Gasteiger partial charge is 0.221 e. The largest absolute Gasteiger partial charge is 0.476 e. The molecule has 0 aliphatic heterocycles. The van der Waals surface area contributed by atoms with Crippen LogP contribution in [0, 0.1) is 6.92 Å². The summed E-state index contributed by atoms with van der Waals surface area (Å²) in [5, 5.41) is 0.523. The van der Waals surface area contributed by atoms with Gasteiger partial charge in [0.1, 0.15) is 17.6 Å². The molecule has 19 heavy (non-hydrogen) atoms. The highest BCUT2D eigenvalue weighted by atomic mass is 35.5. The van der Waals surface area contributed by atoms with Crippen LogP contribution in [0.2, 0.25) is 5.15 Å². The van der Waals surface area contributed by atoms with Crippen molar-refractivity contribution in [1.82, 2.24) is 14.9 Å². The van der Waals surface area contributed by atoms with Gasteiger partial charge in [0.25, 0.3) is 0 Å². The van der Waals surface area contributed by atoms with E-state index in [9.17, 15) is 0 Å². The van der Waals surface area contributed by atoms with E-state index in [1.54, 1.807) is 0 Å². The number of halogens is 1. The van der Waals surface area contributed by atoms with Crippen LogP contribution in [0.4, 0.5) is 0 Å². The zero-order chi connectivity index (χ0) is 13.8. The third-order valence-electron chi connectivity index (χ3n) is 3.54. The average Bonchev–Trinajstić information content (AvgIpc) is 3.23. The molecule has 1 aliphatic rings. The summed E-state index contributed by atoms with van der Waals surface area (Å²) in [5.41, 5.74) is 0.839. The van der Waals surface area contributed by atoms with E-state index in [1.165, 1.54) is 0 Å². The second-order valence-corrected chi connectivity index (χ2v) is 5.31. The molecule has 1 heterocycles. The SMILES string of the molecule is CCN(CC)CCOc1nc(C2CC2)nc(Cl)c1C. The van der Waals surface area contributed by atoms with Crippen LogP contribution in [0.15, 0.2) is 0 Å². The first-order valence-electron chi connectivity index (χ1n) is 7.04. The monoisotopic (exact) mass is 283 g/mol. The minimum absolute atomic E-state index is 0.489. The van der Waals surface area contributed by atoms with Gasteiger partial charge < -0.3 is 9.64 Å². The molecule has 4 nitrogen and oxygen atoms in total. The molecule has 5 heteroatoms. The Hall–Kier alpha value is -0.870. The molecule has 0 spiro atoms. The molecule has 0 amide bonds. The summed E-state index contributed by atoms with van der Waals surface area (Å²) in [7, 11) is 0. The summed E-state index contributed by atoms with van der Waals surface area (Å²) in [5.74, 6) is 1.98. The maximum atomic E-state index is 6.15. The molecule has 1 aliphatic carbocycles. The van der Waals surface area contributed by atoms with Crippen LogP contribution in [-0.2, 0) is 0 Å². The molecule has 0 aromatic carbocycles. The number of aromatic nitrogens is 2. The van der Waals surface area contributed by atoms with Gasteiger partial charge in [0, 0.05) is 18.0 Å². The highest BCUT2D eigenvalue weighted by Gasteiger charge is 2.28. The first-order chi connectivity index (χ1) is 9.15. The van der Waals surface area contributed by atoms with E-state index in [-0.39, 0.29) is 0 Å². The summed E-state index contributed by atoms with van der Waals surface area (Å²) in [4.78, 5) is 11.2. The molecule has 1 aromatic rings. The van der Waals surface area contributed by atoms with Crippen molar-refractivity contribution in [3.63, 3.8) is 0 Å². The first-order valence-corrected chi connectivity index (χ1v) is 7.42. The quantitative estimate of drug-likeness (QED) is 0.721. The minimum atomic E-state index is 0.489. The number of hydrogen-bond acceptors (Lipinski definition) is 4. The fourth-order valence-electron chi connectivity index (χ4n) is 1.96. The number of hydrogen-bond donors (Lipinski definition) is 0. The summed E-state index contributed by atoms with van der Waals surface area (Å²) in [6, 6.07) is 0. The van der Waals surface area contributed by atoms with Crippen LogP contribution in [-0.4, -0.2) is 41.1 Å². The Bertz CT molecular complexity index is 431. The van der Waals surface area contributed by atoms with Crippen molar-refractivity contribution >= 4 is 11.6 Å². The average molecular weight is 284 g/mol. The lowest BCUT2D eigenvalue weighted by molar-refractivity contribution is 0.216. The van der Waals surface area contributed by atoms with Crippen LogP contribution in [0.3, 0.4) is 0 Å². The van der Waals surface area contributed by atoms with Gasteiger partial charge >= 0.3 is 0 Å². The van der Waals surface area contributed by atoms with Crippen molar-refractivity contribution in [3.8, 4) is 5.88 Å². The molecule has 2 rings (SSSR count). The summed E-state index contributed by atoms with van der Waals surface area (Å²) >= 11 is 6.15. The van der Waals surface area contributed by atoms with Crippen LogP contribution in [0.25, 0.3) is 0 Å². The second-order valence-electron chi connectivity index (χ2n) is 4.95. The Balaban J connectivity index is 1.98. The number of nitrogens with zero attached hydrogens (tertiary/aromatic N) is 3. The Labute approximate surface area is 120 Å². The molecule has 0 N–H and O–H groups in total. The molecule has 0 atom stereocenters. The number of ether oxygens (including phenoxy) is 1. The minimum Gasteiger partial charge on any atom is -0.476 e. The van der Waals surface area contributed by atoms with Gasteiger partial charge in [-0.05, 0) is 32.9 Å². The number of likely N-dealkylation sites (N-methyl/N-ethyl adjacent to an activating group) is 1. The second kappa shape index (κ2) is 6.53. The van der Waals surface area contributed by atoms with Gasteiger partial charge in [0.2, 0.25) is 5.88 Å². The Kier molecular flexibility index (Phi) is 4.99. The van der Waals surface area contributed by atoms with E-state index >= 15 is 0 Å². The van der Waals surface area contributed by atoms with Crippen molar-refractivity contribution in [2.24, 2.45) is 0 Å². The van der Waals surface area contributed by atoms with E-state index < -0.39 is 0 Å². The van der Waals surface area contributed by atoms with Gasteiger partial charge in [0.05, 0.1) is 0 Å². The Morgan fingerprint density at radius 1 is 1.26 bits per heavy atom. The number of rotatable bonds is 7. The molecular formula is C14H22ClN3O. The van der Waals surface area contributed by atoms with Crippen LogP contribution in [0.5, 0.6) is 5.88 Å². The molecule has 106 valence electrons. The van der Waals surface area contributed by atoms with Gasteiger partial charge in [-0.1, -0.05) is 25.4 Å². The molecule has 0 bridgehead atoms. The molecule has 1 saturated carbocycles. The van der Waals surface area contributed by atoms with E-state index in [0.29, 0.717) is 23.6 Å². The predicted octanol–water partition coefficient (Wildman–Crippen LogP) is 3.04. The van der Waals surface area contributed by atoms with Gasteiger partial charge in [-0.2, -0.15) is 4.98 Å². The molecule has 0 saturated heterocycles. The lowest BCUT2D eigenvalue weighted by atomic mass is 10.3. The summed E-state index contributed by atoms with van der Waals surface area (Å²) in [6.07, 6.45) is 2.33. The van der Waals surface area contributed by atoms with E-state index in [4.69, 9.17) is 16.3 Å². The highest BCUT2D eigenvalue weighted by Crippen LogP contribution is 2.39. The van der Waals surface area contributed by atoms with Crippen LogP contribution < -0.4 is 4.74 Å². The highest BCUT2D eigenvalue weighted by molar-refractivity contribution is 6.30. The van der Waals surface area contributed by atoms with Gasteiger partial charge in [0.15, 0.2) is 0 Å². The van der Waals surface area contributed by atoms with Gasteiger partial charge in [-0.3, -0.25) is 0 Å². The molecule has 1 aromatic heterocycles. The Morgan fingerprint density at radius 3 is 2.53 bits per heavy atom. The molecular weight excluding hydrogens is 262 g/mol. The van der Waals surface area contributed by atoms with E-state index in [1.807, 2.05) is 6.92 Å². The van der Waals surface area contributed by atoms with Crippen molar-refractivity contribution in [2.45, 2.75) is 39.5 Å². The van der Waals surface area contributed by atoms with Crippen molar-refractivity contribution in [1.29, 1.82) is 0 Å². The van der Waals surface area contributed by atoms with Crippen LogP contribution >= 0.6 is 11.6 Å². The van der Waals surface area contributed by atoms with Gasteiger partial charge in [-0.25, -0.2) is 4.98 Å². The Morgan fingerprint density at radius 2 is 1.95 bits per heavy atom. The zero-order valence-electron chi connectivity index (χ0n) is 11.9. The van der Waals surface area contributed by atoms with Crippen molar-refractivity contribution in [2.75, 3.05) is 26.2 Å². The topological polar surface area (TPSA) is 38.2 Å². The maximum Gasteiger partial charge on any atom is 0.221 e. The zero-order valence-corrected chi connectivity index (χ0v) is 12.7. The fourth-order valence-corrected chi connectivity index (χ4v) is 2.13. The standard InChI is InChI=1S/C14H22ClN3O/c1-4-18(5-2)8-9-19-14-10(3)12(15)16-13(17-14)11-6-7-11/h11H,4-9H2,1-3H3. The first kappa shape index (κ1) is 14.5. The molecule has 0 radical (unpaired) electrons. The van der Waals surface area contributed by atoms with Crippen molar-refractivity contribution < 1.29 is 4.74 Å². The molecule has 0 unspecified atom stereocenters. The maximum absolute atomic E-state index is 6.15. The van der Waals surface area contributed by atoms with Gasteiger partial charge in [-0.15, -0.1) is 0 Å².